The van der Waals surface area contributed by atoms with E-state index >= 15 is 0 Å². The summed E-state index contributed by atoms with van der Waals surface area (Å²) in [6, 6.07) is 1.78. The Morgan fingerprint density at radius 3 is 2.88 bits per heavy atom. The predicted molar refractivity (Wildman–Crippen MR) is 57.5 cm³/mol. The van der Waals surface area contributed by atoms with Gasteiger partial charge in [-0.1, -0.05) is 0 Å². The molecular formula is C10H11N5O. The van der Waals surface area contributed by atoms with E-state index in [-0.39, 0.29) is 0 Å². The number of amides is 1. The molecule has 0 aliphatic heterocycles. The fourth-order valence-electron chi connectivity index (χ4n) is 1.47. The van der Waals surface area contributed by atoms with E-state index in [4.69, 9.17) is 5.73 Å². The lowest BCUT2D eigenvalue weighted by molar-refractivity contribution is 0.0992. The van der Waals surface area contributed by atoms with E-state index in [9.17, 15) is 4.79 Å². The van der Waals surface area contributed by atoms with Gasteiger partial charge >= 0.3 is 0 Å². The molecule has 0 aliphatic rings. The van der Waals surface area contributed by atoms with E-state index in [1.165, 1.54) is 10.9 Å². The van der Waals surface area contributed by atoms with Crippen molar-refractivity contribution in [2.24, 2.45) is 12.8 Å². The third-order valence-corrected chi connectivity index (χ3v) is 2.21. The van der Waals surface area contributed by atoms with E-state index in [2.05, 4.69) is 15.1 Å². The second kappa shape index (κ2) is 3.73. The number of aromatic nitrogens is 4. The molecule has 16 heavy (non-hydrogen) atoms. The van der Waals surface area contributed by atoms with Crippen molar-refractivity contribution in [2.75, 3.05) is 0 Å². The average molecular weight is 217 g/mol. The van der Waals surface area contributed by atoms with E-state index < -0.39 is 5.91 Å². The summed E-state index contributed by atoms with van der Waals surface area (Å²) in [6.07, 6.45) is 3.17. The standard InChI is InChI=1S/C10H11N5O/c1-6-3-4-12-10(14-6)7-5-13-15(2)8(7)9(11)16/h3-5H,1-2H3,(H2,11,16). The Bertz CT molecular complexity index is 546. The summed E-state index contributed by atoms with van der Waals surface area (Å²) < 4.78 is 1.42. The molecule has 0 radical (unpaired) electrons. The van der Waals surface area contributed by atoms with Crippen LogP contribution in [-0.2, 0) is 7.05 Å². The van der Waals surface area contributed by atoms with Gasteiger partial charge in [0.15, 0.2) is 5.82 Å². The lowest BCUT2D eigenvalue weighted by Gasteiger charge is -2.01. The summed E-state index contributed by atoms with van der Waals surface area (Å²) in [4.78, 5) is 19.6. The lowest BCUT2D eigenvalue weighted by Crippen LogP contribution is -2.17. The lowest BCUT2D eigenvalue weighted by atomic mass is 10.2. The number of primary amides is 1. The first-order valence-corrected chi connectivity index (χ1v) is 4.71. The van der Waals surface area contributed by atoms with Gasteiger partial charge in [-0.25, -0.2) is 9.97 Å². The van der Waals surface area contributed by atoms with Gasteiger partial charge < -0.3 is 5.73 Å². The number of nitrogens with two attached hydrogens (primary N) is 1. The summed E-state index contributed by atoms with van der Waals surface area (Å²) in [7, 11) is 1.65. The van der Waals surface area contributed by atoms with E-state index in [1.54, 1.807) is 19.3 Å². The molecule has 0 saturated heterocycles. The fraction of sp³-hybridized carbons (Fsp3) is 0.200. The summed E-state index contributed by atoms with van der Waals surface area (Å²) in [5, 5.41) is 3.98. The first kappa shape index (κ1) is 10.3. The Hall–Kier alpha value is -2.24. The molecule has 6 nitrogen and oxygen atoms in total. The van der Waals surface area contributed by atoms with Crippen molar-refractivity contribution in [2.45, 2.75) is 6.92 Å². The van der Waals surface area contributed by atoms with Crippen LogP contribution >= 0.6 is 0 Å². The van der Waals surface area contributed by atoms with Crippen LogP contribution in [0.1, 0.15) is 16.2 Å². The molecule has 0 saturated carbocycles. The van der Waals surface area contributed by atoms with Gasteiger partial charge in [-0.2, -0.15) is 5.10 Å². The average Bonchev–Trinajstić information content (AvgIpc) is 2.60. The van der Waals surface area contributed by atoms with Crippen molar-refractivity contribution >= 4 is 5.91 Å². The summed E-state index contributed by atoms with van der Waals surface area (Å²) in [5.41, 5.74) is 6.97. The normalized spacial score (nSPS) is 10.4. The van der Waals surface area contributed by atoms with Crippen LogP contribution in [0.25, 0.3) is 11.4 Å². The maximum atomic E-state index is 11.3. The predicted octanol–water partition coefficient (Wildman–Crippen LogP) is 0.284. The number of carbonyl (C=O) groups excluding carboxylic acids is 1. The highest BCUT2D eigenvalue weighted by Crippen LogP contribution is 2.18. The van der Waals surface area contributed by atoms with Gasteiger partial charge in [0, 0.05) is 18.9 Å². The van der Waals surface area contributed by atoms with Gasteiger partial charge in [0.1, 0.15) is 5.69 Å². The first-order valence-electron chi connectivity index (χ1n) is 4.71. The molecule has 2 rings (SSSR count). The zero-order valence-corrected chi connectivity index (χ0v) is 9.01. The van der Waals surface area contributed by atoms with Gasteiger partial charge in [0.2, 0.25) is 0 Å². The zero-order chi connectivity index (χ0) is 11.7. The summed E-state index contributed by atoms with van der Waals surface area (Å²) in [6.45, 7) is 1.85. The smallest absolute Gasteiger partial charge is 0.267 e. The van der Waals surface area contributed by atoms with Gasteiger partial charge in [-0.05, 0) is 13.0 Å². The molecule has 6 heteroatoms. The molecule has 82 valence electrons. The van der Waals surface area contributed by atoms with Gasteiger partial charge in [-0.15, -0.1) is 0 Å². The van der Waals surface area contributed by atoms with Crippen LogP contribution in [-0.4, -0.2) is 25.7 Å². The summed E-state index contributed by atoms with van der Waals surface area (Å²) >= 11 is 0. The molecule has 2 aromatic rings. The van der Waals surface area contributed by atoms with Crippen LogP contribution in [0.3, 0.4) is 0 Å². The van der Waals surface area contributed by atoms with Crippen LogP contribution < -0.4 is 5.73 Å². The van der Waals surface area contributed by atoms with Crippen LogP contribution in [0, 0.1) is 6.92 Å². The van der Waals surface area contributed by atoms with Gasteiger partial charge in [-0.3, -0.25) is 9.48 Å². The fourth-order valence-corrected chi connectivity index (χ4v) is 1.47. The zero-order valence-electron chi connectivity index (χ0n) is 9.01. The van der Waals surface area contributed by atoms with Crippen molar-refractivity contribution in [3.05, 3.63) is 29.8 Å². The monoisotopic (exact) mass is 217 g/mol. The van der Waals surface area contributed by atoms with Crippen molar-refractivity contribution in [3.63, 3.8) is 0 Å². The minimum absolute atomic E-state index is 0.311. The van der Waals surface area contributed by atoms with E-state index in [1.807, 2.05) is 6.92 Å². The topological polar surface area (TPSA) is 86.7 Å². The van der Waals surface area contributed by atoms with Crippen molar-refractivity contribution < 1.29 is 4.79 Å². The molecule has 1 amide bonds. The van der Waals surface area contributed by atoms with Crippen LogP contribution in [0.15, 0.2) is 18.5 Å². The van der Waals surface area contributed by atoms with Crippen molar-refractivity contribution in [1.82, 2.24) is 19.7 Å². The molecule has 0 unspecified atom stereocenters. The van der Waals surface area contributed by atoms with Crippen LogP contribution in [0.2, 0.25) is 0 Å². The molecule has 0 fully saturated rings. The van der Waals surface area contributed by atoms with Gasteiger partial charge in [0.05, 0.1) is 11.8 Å². The minimum atomic E-state index is -0.542. The van der Waals surface area contributed by atoms with Gasteiger partial charge in [0.25, 0.3) is 5.91 Å². The number of rotatable bonds is 2. The molecule has 2 N–H and O–H groups in total. The number of carbonyl (C=O) groups is 1. The van der Waals surface area contributed by atoms with Crippen LogP contribution in [0.5, 0.6) is 0 Å². The second-order valence-electron chi connectivity index (χ2n) is 3.42. The highest BCUT2D eigenvalue weighted by molar-refractivity contribution is 5.97. The number of nitrogens with zero attached hydrogens (tertiary/aromatic N) is 4. The second-order valence-corrected chi connectivity index (χ2v) is 3.42. The van der Waals surface area contributed by atoms with Crippen molar-refractivity contribution in [1.29, 1.82) is 0 Å². The third kappa shape index (κ3) is 1.65. The Kier molecular flexibility index (Phi) is 2.40. The summed E-state index contributed by atoms with van der Waals surface area (Å²) in [5.74, 6) is -0.0815. The molecule has 0 aromatic carbocycles. The minimum Gasteiger partial charge on any atom is -0.364 e. The maximum absolute atomic E-state index is 11.3. The molecule has 0 bridgehead atoms. The Balaban J connectivity index is 2.60. The van der Waals surface area contributed by atoms with E-state index in [0.717, 1.165) is 5.69 Å². The number of hydrogen-bond acceptors (Lipinski definition) is 4. The first-order chi connectivity index (χ1) is 7.59. The molecule has 2 aromatic heterocycles. The molecular weight excluding hydrogens is 206 g/mol. The Morgan fingerprint density at radius 2 is 2.25 bits per heavy atom. The highest BCUT2D eigenvalue weighted by Gasteiger charge is 2.17. The van der Waals surface area contributed by atoms with E-state index in [0.29, 0.717) is 17.1 Å². The van der Waals surface area contributed by atoms with Crippen molar-refractivity contribution in [3.8, 4) is 11.4 Å². The Labute approximate surface area is 92.1 Å². The molecule has 0 atom stereocenters. The number of aryl methyl sites for hydroxylation is 2. The molecule has 2 heterocycles. The highest BCUT2D eigenvalue weighted by atomic mass is 16.1. The SMILES string of the molecule is Cc1ccnc(-c2cnn(C)c2C(N)=O)n1. The third-order valence-electron chi connectivity index (χ3n) is 2.21. The van der Waals surface area contributed by atoms with Crippen LogP contribution in [0.4, 0.5) is 0 Å². The maximum Gasteiger partial charge on any atom is 0.267 e. The molecule has 0 spiro atoms. The molecule has 0 aliphatic carbocycles. The Morgan fingerprint density at radius 1 is 1.50 bits per heavy atom. The quantitative estimate of drug-likeness (QED) is 0.782. The largest absolute Gasteiger partial charge is 0.364 e. The number of hydrogen-bond donors (Lipinski definition) is 1.